The molecule has 1 aromatic carbocycles. The van der Waals surface area contributed by atoms with Gasteiger partial charge >= 0.3 is 0 Å². The molecule has 0 spiro atoms. The van der Waals surface area contributed by atoms with E-state index in [0.29, 0.717) is 17.9 Å². The van der Waals surface area contributed by atoms with E-state index in [1.807, 2.05) is 55.4 Å². The molecule has 1 N–H and O–H groups in total. The van der Waals surface area contributed by atoms with Gasteiger partial charge in [0.1, 0.15) is 5.82 Å². The lowest BCUT2D eigenvalue weighted by atomic mass is 10.0. The number of anilines is 3. The summed E-state index contributed by atoms with van der Waals surface area (Å²) < 4.78 is 2.05. The van der Waals surface area contributed by atoms with Crippen molar-refractivity contribution in [2.24, 2.45) is 0 Å². The van der Waals surface area contributed by atoms with Crippen molar-refractivity contribution < 1.29 is 9.36 Å². The molecule has 0 fully saturated rings. The summed E-state index contributed by atoms with van der Waals surface area (Å²) in [4.78, 5) is 19.1. The summed E-state index contributed by atoms with van der Waals surface area (Å²) in [6, 6.07) is 13.9. The molecule has 1 aliphatic heterocycles. The Morgan fingerprint density at radius 1 is 1.17 bits per heavy atom. The summed E-state index contributed by atoms with van der Waals surface area (Å²) in [7, 11) is 0. The highest BCUT2D eigenvalue weighted by Crippen LogP contribution is 2.30. The van der Waals surface area contributed by atoms with Gasteiger partial charge in [-0.1, -0.05) is 30.3 Å². The summed E-state index contributed by atoms with van der Waals surface area (Å²) >= 11 is 0. The van der Waals surface area contributed by atoms with Crippen molar-refractivity contribution in [2.75, 3.05) is 10.2 Å². The van der Waals surface area contributed by atoms with Crippen LogP contribution >= 0.6 is 0 Å². The zero-order valence-corrected chi connectivity index (χ0v) is 17.5. The van der Waals surface area contributed by atoms with Crippen molar-refractivity contribution in [2.45, 2.75) is 27.2 Å². The number of nitrogens with zero attached hydrogens (tertiary/aromatic N) is 3. The van der Waals surface area contributed by atoms with Crippen LogP contribution in [0.4, 0.5) is 17.2 Å². The number of aryl methyl sites for hydroxylation is 2. The van der Waals surface area contributed by atoms with Gasteiger partial charge in [-0.15, -0.1) is 0 Å². The molecule has 0 aliphatic carbocycles. The number of aromatic nitrogens is 2. The Balaban J connectivity index is 1.54. The van der Waals surface area contributed by atoms with E-state index in [1.165, 1.54) is 5.56 Å². The lowest BCUT2D eigenvalue weighted by Gasteiger charge is -2.24. The van der Waals surface area contributed by atoms with E-state index < -0.39 is 0 Å². The van der Waals surface area contributed by atoms with Gasteiger partial charge in [0.2, 0.25) is 11.6 Å². The van der Waals surface area contributed by atoms with Crippen LogP contribution < -0.4 is 14.8 Å². The maximum atomic E-state index is 12.6. The van der Waals surface area contributed by atoms with Crippen LogP contribution in [0.15, 0.2) is 67.1 Å². The number of hydrogen-bond acceptors (Lipinski definition) is 3. The number of hydrogen-bond donors (Lipinski definition) is 1. The molecule has 2 aromatic heterocycles. The maximum absolute atomic E-state index is 12.6. The largest absolute Gasteiger partial charge is 0.326 e. The first-order chi connectivity index (χ1) is 14.4. The second-order valence-electron chi connectivity index (χ2n) is 7.66. The molecular formula is C25H25N4O+. The molecule has 5 nitrogen and oxygen atoms in total. The average Bonchev–Trinajstić information content (AvgIpc) is 2.66. The van der Waals surface area contributed by atoms with E-state index in [-0.39, 0.29) is 5.91 Å². The molecule has 0 atom stereocenters. The predicted molar refractivity (Wildman–Crippen MR) is 121 cm³/mol. The molecule has 30 heavy (non-hydrogen) atoms. The molecule has 1 amide bonds. The van der Waals surface area contributed by atoms with Gasteiger partial charge < -0.3 is 5.32 Å². The fraction of sp³-hybridized carbons (Fsp3) is 0.160. The van der Waals surface area contributed by atoms with Crippen LogP contribution in [0.3, 0.4) is 0 Å². The fourth-order valence-electron chi connectivity index (χ4n) is 3.59. The van der Waals surface area contributed by atoms with Crippen molar-refractivity contribution in [1.82, 2.24) is 4.98 Å². The molecule has 0 unspecified atom stereocenters. The SMILES string of the molecule is C=C(C)N(c1cc[n+]2c(c1)C=C2)c1cc(NC(=O)Cc2ccc(C)cc2C)ccn1. The summed E-state index contributed by atoms with van der Waals surface area (Å²) in [6.45, 7) is 10.1. The van der Waals surface area contributed by atoms with Gasteiger partial charge in [-0.2, -0.15) is 4.57 Å². The highest BCUT2D eigenvalue weighted by Gasteiger charge is 2.20. The lowest BCUT2D eigenvalue weighted by Crippen LogP contribution is -2.35. The standard InChI is InChI=1S/C25H24N4O/c1-17(2)29(23-9-12-28-11-8-22(28)16-23)24-15-21(7-10-26-24)27-25(30)14-20-6-5-18(3)13-19(20)4/h5-13,15-16H,1,14H2,2-4H3/p+1. The zero-order valence-electron chi connectivity index (χ0n) is 17.5. The molecule has 0 bridgehead atoms. The van der Waals surface area contributed by atoms with Crippen molar-refractivity contribution in [3.05, 3.63) is 89.5 Å². The molecule has 4 rings (SSSR count). The number of amides is 1. The molecule has 0 saturated heterocycles. The van der Waals surface area contributed by atoms with Crippen molar-refractivity contribution in [3.63, 3.8) is 0 Å². The average molecular weight is 398 g/mol. The van der Waals surface area contributed by atoms with Crippen LogP contribution in [0.25, 0.3) is 12.3 Å². The molecule has 3 aromatic rings. The van der Waals surface area contributed by atoms with Gasteiger partial charge in [-0.25, -0.2) is 4.98 Å². The van der Waals surface area contributed by atoms with Crippen LogP contribution in [0.2, 0.25) is 0 Å². The summed E-state index contributed by atoms with van der Waals surface area (Å²) in [5.41, 5.74) is 7.00. The molecule has 3 heterocycles. The second-order valence-corrected chi connectivity index (χ2v) is 7.66. The molecular weight excluding hydrogens is 372 g/mol. The van der Waals surface area contributed by atoms with E-state index in [0.717, 1.165) is 28.2 Å². The van der Waals surface area contributed by atoms with Crippen LogP contribution in [0.5, 0.6) is 0 Å². The summed E-state index contributed by atoms with van der Waals surface area (Å²) in [6.07, 6.45) is 8.11. The van der Waals surface area contributed by atoms with Crippen LogP contribution in [-0.2, 0) is 11.2 Å². The number of rotatable bonds is 6. The van der Waals surface area contributed by atoms with E-state index in [2.05, 4.69) is 46.6 Å². The monoisotopic (exact) mass is 397 g/mol. The quantitative estimate of drug-likeness (QED) is 0.476. The number of carbonyl (C=O) groups is 1. The van der Waals surface area contributed by atoms with Gasteiger partial charge in [0.15, 0.2) is 12.4 Å². The minimum Gasteiger partial charge on any atom is -0.326 e. The summed E-state index contributed by atoms with van der Waals surface area (Å²) in [5, 5.41) is 3.00. The van der Waals surface area contributed by atoms with Gasteiger partial charge in [0, 0.05) is 35.8 Å². The van der Waals surface area contributed by atoms with E-state index in [4.69, 9.17) is 0 Å². The number of pyridine rings is 2. The molecule has 0 radical (unpaired) electrons. The smallest absolute Gasteiger partial charge is 0.228 e. The number of carbonyl (C=O) groups excluding carboxylic acids is 1. The zero-order chi connectivity index (χ0) is 21.3. The first-order valence-corrected chi connectivity index (χ1v) is 9.92. The predicted octanol–water partition coefficient (Wildman–Crippen LogP) is 4.78. The minimum absolute atomic E-state index is 0.0523. The van der Waals surface area contributed by atoms with Crippen molar-refractivity contribution in [3.8, 4) is 0 Å². The van der Waals surface area contributed by atoms with Gasteiger partial charge in [-0.05, 0) is 38.0 Å². The van der Waals surface area contributed by atoms with Gasteiger partial charge in [0.25, 0.3) is 0 Å². The Hall–Kier alpha value is -3.73. The van der Waals surface area contributed by atoms with Gasteiger partial charge in [0.05, 0.1) is 18.2 Å². The van der Waals surface area contributed by atoms with E-state index in [1.54, 1.807) is 12.3 Å². The third-order valence-electron chi connectivity index (χ3n) is 5.15. The number of fused-ring (bicyclic) bond motifs is 1. The third kappa shape index (κ3) is 4.01. The first kappa shape index (κ1) is 19.6. The van der Waals surface area contributed by atoms with Crippen LogP contribution in [-0.4, -0.2) is 10.9 Å². The van der Waals surface area contributed by atoms with Gasteiger partial charge in [-0.3, -0.25) is 9.69 Å². The summed E-state index contributed by atoms with van der Waals surface area (Å²) in [5.74, 6) is 0.656. The molecule has 0 saturated carbocycles. The third-order valence-corrected chi connectivity index (χ3v) is 5.15. The highest BCUT2D eigenvalue weighted by atomic mass is 16.1. The van der Waals surface area contributed by atoms with E-state index >= 15 is 0 Å². The topological polar surface area (TPSA) is 49.1 Å². The second kappa shape index (κ2) is 7.95. The van der Waals surface area contributed by atoms with E-state index in [9.17, 15) is 4.79 Å². The number of allylic oxidation sites excluding steroid dienone is 1. The lowest BCUT2D eigenvalue weighted by molar-refractivity contribution is -0.580. The Labute approximate surface area is 177 Å². The van der Waals surface area contributed by atoms with Crippen LogP contribution in [0, 0.1) is 13.8 Å². The van der Waals surface area contributed by atoms with Crippen molar-refractivity contribution >= 4 is 35.4 Å². The fourth-order valence-corrected chi connectivity index (χ4v) is 3.59. The maximum Gasteiger partial charge on any atom is 0.228 e. The molecule has 1 aliphatic rings. The Kier molecular flexibility index (Phi) is 5.19. The molecule has 150 valence electrons. The number of benzene rings is 1. The minimum atomic E-state index is -0.0523. The Bertz CT molecular complexity index is 1180. The molecule has 5 heteroatoms. The van der Waals surface area contributed by atoms with Crippen LogP contribution in [0.1, 0.15) is 29.3 Å². The van der Waals surface area contributed by atoms with Crippen molar-refractivity contribution in [1.29, 1.82) is 0 Å². The Morgan fingerprint density at radius 2 is 2.00 bits per heavy atom. The Morgan fingerprint density at radius 3 is 2.67 bits per heavy atom. The number of nitrogens with one attached hydrogen (secondary N) is 1. The highest BCUT2D eigenvalue weighted by molar-refractivity contribution is 5.93. The normalized spacial score (nSPS) is 11.4. The first-order valence-electron chi connectivity index (χ1n) is 9.92.